The highest BCUT2D eigenvalue weighted by Gasteiger charge is 2.41. The van der Waals surface area contributed by atoms with Crippen LogP contribution in [0.1, 0.15) is 35.4 Å². The fraction of sp³-hybridized carbons (Fsp3) is 0.583. The molecule has 0 unspecified atom stereocenters. The smallest absolute Gasteiger partial charge is 0.254 e. The molecule has 1 aromatic rings. The van der Waals surface area contributed by atoms with Crippen LogP contribution in [0.4, 0.5) is 0 Å². The summed E-state index contributed by atoms with van der Waals surface area (Å²) in [7, 11) is 0. The number of alkyl halides is 1. The van der Waals surface area contributed by atoms with Crippen molar-refractivity contribution in [1.29, 1.82) is 0 Å². The van der Waals surface area contributed by atoms with Crippen LogP contribution in [0.25, 0.3) is 0 Å². The second-order valence-electron chi connectivity index (χ2n) is 4.57. The number of halogens is 1. The molecular weight excluding hydrogens is 270 g/mol. The Morgan fingerprint density at radius 1 is 1.62 bits per heavy atom. The number of aryl methyl sites for hydroxylation is 1. The summed E-state index contributed by atoms with van der Waals surface area (Å²) < 4.78 is 5.11. The van der Waals surface area contributed by atoms with Crippen molar-refractivity contribution in [2.75, 3.05) is 11.9 Å². The van der Waals surface area contributed by atoms with Gasteiger partial charge < -0.3 is 9.73 Å². The van der Waals surface area contributed by atoms with Crippen LogP contribution in [0.5, 0.6) is 0 Å². The summed E-state index contributed by atoms with van der Waals surface area (Å²) in [4.78, 5) is 11.8. The predicted molar refractivity (Wildman–Crippen MR) is 65.9 cm³/mol. The van der Waals surface area contributed by atoms with Crippen LogP contribution in [0.15, 0.2) is 16.7 Å². The highest BCUT2D eigenvalue weighted by atomic mass is 79.9. The molecule has 1 N–H and O–H groups in total. The Balaban J connectivity index is 1.84. The molecule has 16 heavy (non-hydrogen) atoms. The number of furan rings is 1. The van der Waals surface area contributed by atoms with Crippen LogP contribution in [0.3, 0.4) is 0 Å². The average Bonchev–Trinajstić information content (AvgIpc) is 2.89. The van der Waals surface area contributed by atoms with Crippen molar-refractivity contribution in [3.8, 4) is 0 Å². The predicted octanol–water partition coefficient (Wildman–Crippen LogP) is 2.88. The number of amides is 1. The quantitative estimate of drug-likeness (QED) is 0.846. The van der Waals surface area contributed by atoms with E-state index in [1.54, 1.807) is 6.07 Å². The van der Waals surface area contributed by atoms with Crippen LogP contribution in [0.2, 0.25) is 0 Å². The zero-order valence-corrected chi connectivity index (χ0v) is 11.0. The maximum Gasteiger partial charge on any atom is 0.254 e. The number of nitrogens with one attached hydrogen (secondary N) is 1. The number of carbonyl (C=O) groups is 1. The first-order chi connectivity index (χ1) is 7.65. The van der Waals surface area contributed by atoms with E-state index in [1.807, 2.05) is 6.92 Å². The van der Waals surface area contributed by atoms with Crippen molar-refractivity contribution in [3.05, 3.63) is 23.7 Å². The molecule has 0 spiro atoms. The van der Waals surface area contributed by atoms with Crippen molar-refractivity contribution >= 4 is 21.8 Å². The summed E-state index contributed by atoms with van der Waals surface area (Å²) in [5.41, 5.74) is 0.977. The van der Waals surface area contributed by atoms with Crippen LogP contribution < -0.4 is 5.32 Å². The van der Waals surface area contributed by atoms with Crippen molar-refractivity contribution < 1.29 is 9.21 Å². The number of rotatable bonds is 5. The van der Waals surface area contributed by atoms with Crippen LogP contribution >= 0.6 is 15.9 Å². The van der Waals surface area contributed by atoms with E-state index >= 15 is 0 Å². The molecule has 1 saturated carbocycles. The normalized spacial score (nSPS) is 17.1. The lowest BCUT2D eigenvalue weighted by Crippen LogP contribution is -2.30. The fourth-order valence-corrected chi connectivity index (χ4v) is 2.67. The minimum Gasteiger partial charge on any atom is -0.469 e. The highest BCUT2D eigenvalue weighted by molar-refractivity contribution is 9.09. The molecule has 0 atom stereocenters. The van der Waals surface area contributed by atoms with Crippen molar-refractivity contribution in [3.63, 3.8) is 0 Å². The zero-order chi connectivity index (χ0) is 11.6. The molecule has 1 aliphatic carbocycles. The third kappa shape index (κ3) is 2.67. The Labute approximate surface area is 104 Å². The maximum absolute atomic E-state index is 11.8. The van der Waals surface area contributed by atoms with Gasteiger partial charge in [0.2, 0.25) is 0 Å². The minimum atomic E-state index is -0.0299. The Hall–Kier alpha value is -0.770. The number of carbonyl (C=O) groups excluding carboxylic acids is 1. The molecule has 0 bridgehead atoms. The van der Waals surface area contributed by atoms with Crippen molar-refractivity contribution in [2.24, 2.45) is 5.41 Å². The van der Waals surface area contributed by atoms with Crippen LogP contribution in [-0.4, -0.2) is 17.8 Å². The lowest BCUT2D eigenvalue weighted by atomic mass is 10.0. The second kappa shape index (κ2) is 4.62. The van der Waals surface area contributed by atoms with Crippen LogP contribution in [0, 0.1) is 12.3 Å². The van der Waals surface area contributed by atoms with E-state index in [4.69, 9.17) is 4.42 Å². The second-order valence-corrected chi connectivity index (χ2v) is 5.36. The SMILES string of the molecule is Cc1cc(C(=O)NCC2(CCBr)CC2)co1. The van der Waals surface area contributed by atoms with Gasteiger partial charge in [-0.3, -0.25) is 4.79 Å². The largest absolute Gasteiger partial charge is 0.469 e. The molecule has 88 valence electrons. The lowest BCUT2D eigenvalue weighted by molar-refractivity contribution is 0.0944. The molecule has 0 radical (unpaired) electrons. The van der Waals surface area contributed by atoms with E-state index < -0.39 is 0 Å². The molecule has 0 aliphatic heterocycles. The first-order valence-electron chi connectivity index (χ1n) is 5.55. The van der Waals surface area contributed by atoms with Gasteiger partial charge in [-0.2, -0.15) is 0 Å². The Bertz CT molecular complexity index is 382. The summed E-state index contributed by atoms with van der Waals surface area (Å²) in [5.74, 6) is 0.740. The molecule has 1 amide bonds. The minimum absolute atomic E-state index is 0.0299. The topological polar surface area (TPSA) is 42.2 Å². The number of hydrogen-bond acceptors (Lipinski definition) is 2. The molecule has 1 aliphatic rings. The van der Waals surface area contributed by atoms with Gasteiger partial charge in [-0.15, -0.1) is 0 Å². The monoisotopic (exact) mass is 285 g/mol. The third-order valence-electron chi connectivity index (χ3n) is 3.20. The molecule has 0 saturated heterocycles. The van der Waals surface area contributed by atoms with Gasteiger partial charge in [0.15, 0.2) is 0 Å². The summed E-state index contributed by atoms with van der Waals surface area (Å²) in [5, 5.41) is 3.99. The maximum atomic E-state index is 11.8. The van der Waals surface area contributed by atoms with E-state index in [9.17, 15) is 4.79 Å². The van der Waals surface area contributed by atoms with Gasteiger partial charge in [-0.1, -0.05) is 15.9 Å². The summed E-state index contributed by atoms with van der Waals surface area (Å²) in [6.45, 7) is 2.62. The first-order valence-corrected chi connectivity index (χ1v) is 6.67. The summed E-state index contributed by atoms with van der Waals surface area (Å²) in [6, 6.07) is 1.76. The van der Waals surface area contributed by atoms with E-state index in [0.717, 1.165) is 24.1 Å². The molecule has 2 rings (SSSR count). The molecule has 4 heteroatoms. The Morgan fingerprint density at radius 3 is 2.88 bits per heavy atom. The average molecular weight is 286 g/mol. The van der Waals surface area contributed by atoms with Gasteiger partial charge in [0.25, 0.3) is 5.91 Å². The van der Waals surface area contributed by atoms with Crippen molar-refractivity contribution in [2.45, 2.75) is 26.2 Å². The van der Waals surface area contributed by atoms with Crippen LogP contribution in [-0.2, 0) is 0 Å². The lowest BCUT2D eigenvalue weighted by Gasteiger charge is -2.13. The number of hydrogen-bond donors (Lipinski definition) is 1. The standard InChI is InChI=1S/C12H16BrNO2/c1-9-6-10(7-16-9)11(15)14-8-12(2-3-12)4-5-13/h6-7H,2-5,8H2,1H3,(H,14,15). The molecule has 1 fully saturated rings. The van der Waals surface area contributed by atoms with Gasteiger partial charge in [-0.25, -0.2) is 0 Å². The van der Waals surface area contributed by atoms with Gasteiger partial charge in [-0.05, 0) is 37.7 Å². The van der Waals surface area contributed by atoms with Gasteiger partial charge in [0.1, 0.15) is 12.0 Å². The fourth-order valence-electron chi connectivity index (χ4n) is 1.82. The van der Waals surface area contributed by atoms with Gasteiger partial charge in [0.05, 0.1) is 5.56 Å². The van der Waals surface area contributed by atoms with E-state index in [0.29, 0.717) is 11.0 Å². The molecular formula is C12H16BrNO2. The zero-order valence-electron chi connectivity index (χ0n) is 9.38. The van der Waals surface area contributed by atoms with E-state index in [1.165, 1.54) is 19.1 Å². The third-order valence-corrected chi connectivity index (χ3v) is 3.60. The molecule has 1 heterocycles. The van der Waals surface area contributed by atoms with E-state index in [-0.39, 0.29) is 5.91 Å². The summed E-state index contributed by atoms with van der Waals surface area (Å²) >= 11 is 3.45. The Kier molecular flexibility index (Phi) is 3.38. The molecule has 3 nitrogen and oxygen atoms in total. The van der Waals surface area contributed by atoms with Crippen molar-refractivity contribution in [1.82, 2.24) is 5.32 Å². The van der Waals surface area contributed by atoms with Gasteiger partial charge >= 0.3 is 0 Å². The molecule has 0 aromatic carbocycles. The molecule has 1 aromatic heterocycles. The Morgan fingerprint density at radius 2 is 2.38 bits per heavy atom. The van der Waals surface area contributed by atoms with E-state index in [2.05, 4.69) is 21.2 Å². The first kappa shape index (κ1) is 11.7. The summed E-state index contributed by atoms with van der Waals surface area (Å²) in [6.07, 6.45) is 5.10. The highest BCUT2D eigenvalue weighted by Crippen LogP contribution is 2.48. The van der Waals surface area contributed by atoms with Gasteiger partial charge in [0, 0.05) is 11.9 Å².